The second kappa shape index (κ2) is 7.27. The fourth-order valence-corrected chi connectivity index (χ4v) is 1.87. The molecule has 0 spiro atoms. The Hall–Kier alpha value is -1.37. The van der Waals surface area contributed by atoms with E-state index in [0.717, 1.165) is 5.56 Å². The van der Waals surface area contributed by atoms with Crippen molar-refractivity contribution in [1.82, 2.24) is 0 Å². The van der Waals surface area contributed by atoms with Gasteiger partial charge in [0, 0.05) is 5.82 Å². The van der Waals surface area contributed by atoms with Gasteiger partial charge in [0.1, 0.15) is 0 Å². The summed E-state index contributed by atoms with van der Waals surface area (Å²) in [5.74, 6) is -1.01. The van der Waals surface area contributed by atoms with E-state index in [4.69, 9.17) is 9.39 Å². The van der Waals surface area contributed by atoms with Crippen LogP contribution in [0.15, 0.2) is 30.3 Å². The molecule has 0 amide bonds. The number of carbonyl (C=O) groups is 1. The molecule has 0 aliphatic rings. The monoisotopic (exact) mass is 308 g/mol. The lowest BCUT2D eigenvalue weighted by atomic mass is 9.65. The summed E-state index contributed by atoms with van der Waals surface area (Å²) in [5, 5.41) is 20.6. The third-order valence-corrected chi connectivity index (χ3v) is 4.07. The predicted molar refractivity (Wildman–Crippen MR) is 85.3 cm³/mol. The molecule has 0 saturated heterocycles. The van der Waals surface area contributed by atoms with E-state index < -0.39 is 30.1 Å². The smallest absolute Gasteiger partial charge is 0.463 e. The maximum absolute atomic E-state index is 11.6. The van der Waals surface area contributed by atoms with Crippen LogP contribution in [0.25, 0.3) is 0 Å². The average Bonchev–Trinajstić information content (AvgIpc) is 2.43. The fourth-order valence-electron chi connectivity index (χ4n) is 1.87. The molecule has 1 atom stereocenters. The molecule has 0 fully saturated rings. The Morgan fingerprint density at radius 3 is 2.23 bits per heavy atom. The van der Waals surface area contributed by atoms with Crippen molar-refractivity contribution in [2.75, 3.05) is 7.11 Å². The summed E-state index contributed by atoms with van der Waals surface area (Å²) in [5.41, 5.74) is -1.37. The van der Waals surface area contributed by atoms with E-state index in [1.807, 2.05) is 30.3 Å². The van der Waals surface area contributed by atoms with E-state index in [-0.39, 0.29) is 6.42 Å². The minimum Gasteiger partial charge on any atom is -0.469 e. The average molecular weight is 308 g/mol. The van der Waals surface area contributed by atoms with Gasteiger partial charge < -0.3 is 19.5 Å². The number of carbonyl (C=O) groups excluding carboxylic acids is 1. The maximum Gasteiger partial charge on any atom is 0.463 e. The van der Waals surface area contributed by atoms with Crippen molar-refractivity contribution in [3.8, 4) is 0 Å². The van der Waals surface area contributed by atoms with Gasteiger partial charge in [-0.3, -0.25) is 4.79 Å². The van der Waals surface area contributed by atoms with Crippen molar-refractivity contribution in [1.29, 1.82) is 0 Å². The maximum atomic E-state index is 11.6. The van der Waals surface area contributed by atoms with E-state index >= 15 is 0 Å². The molecule has 122 valence electrons. The van der Waals surface area contributed by atoms with E-state index in [1.165, 1.54) is 7.11 Å². The number of benzene rings is 1. The van der Waals surface area contributed by atoms with Crippen molar-refractivity contribution in [2.45, 2.75) is 51.1 Å². The van der Waals surface area contributed by atoms with Gasteiger partial charge in [0.25, 0.3) is 0 Å². The Labute approximate surface area is 132 Å². The highest BCUT2D eigenvalue weighted by atomic mass is 16.6. The third kappa shape index (κ3) is 4.83. The lowest BCUT2D eigenvalue weighted by Gasteiger charge is -2.39. The lowest BCUT2D eigenvalue weighted by molar-refractivity contribution is -0.141. The molecule has 0 aliphatic heterocycles. The summed E-state index contributed by atoms with van der Waals surface area (Å²) in [4.78, 5) is 11.6. The van der Waals surface area contributed by atoms with E-state index in [2.05, 4.69) is 0 Å². The zero-order valence-corrected chi connectivity index (χ0v) is 13.9. The minimum absolute atomic E-state index is 0.0103. The highest BCUT2D eigenvalue weighted by Gasteiger charge is 2.42. The fraction of sp³-hybridized carbons (Fsp3) is 0.562. The largest absolute Gasteiger partial charge is 0.469 e. The minimum atomic E-state index is -1.25. The number of esters is 1. The molecule has 1 rings (SSSR count). The van der Waals surface area contributed by atoms with Gasteiger partial charge in [-0.1, -0.05) is 30.3 Å². The van der Waals surface area contributed by atoms with Crippen LogP contribution in [-0.4, -0.2) is 41.5 Å². The molecule has 0 aromatic heterocycles. The molecule has 0 radical (unpaired) electrons. The number of hydrogen-bond donors (Lipinski definition) is 2. The molecule has 22 heavy (non-hydrogen) atoms. The van der Waals surface area contributed by atoms with Gasteiger partial charge in [0.15, 0.2) is 0 Å². The number of methoxy groups -OCH3 is 1. The second-order valence-corrected chi connectivity index (χ2v) is 6.38. The van der Waals surface area contributed by atoms with Gasteiger partial charge in [-0.05, 0) is 33.3 Å². The SMILES string of the molecule is COC(=O)C[C@H](B(O)OC(C)(C)C(C)(C)O)c1ccccc1. The Morgan fingerprint density at radius 1 is 1.23 bits per heavy atom. The van der Waals surface area contributed by atoms with Crippen LogP contribution >= 0.6 is 0 Å². The first-order valence-electron chi connectivity index (χ1n) is 7.28. The zero-order valence-electron chi connectivity index (χ0n) is 13.9. The van der Waals surface area contributed by atoms with Crippen LogP contribution < -0.4 is 0 Å². The molecule has 5 nitrogen and oxygen atoms in total. The van der Waals surface area contributed by atoms with Crippen LogP contribution in [0.5, 0.6) is 0 Å². The molecule has 2 N–H and O–H groups in total. The first-order valence-corrected chi connectivity index (χ1v) is 7.28. The van der Waals surface area contributed by atoms with Gasteiger partial charge in [-0.25, -0.2) is 0 Å². The quantitative estimate of drug-likeness (QED) is 0.594. The van der Waals surface area contributed by atoms with Crippen LogP contribution in [-0.2, 0) is 14.2 Å². The number of ether oxygens (including phenoxy) is 1. The van der Waals surface area contributed by atoms with Crippen LogP contribution in [0.1, 0.15) is 45.5 Å². The van der Waals surface area contributed by atoms with Gasteiger partial charge in [-0.15, -0.1) is 0 Å². The van der Waals surface area contributed by atoms with Crippen LogP contribution in [0.3, 0.4) is 0 Å². The van der Waals surface area contributed by atoms with Crippen molar-refractivity contribution < 1.29 is 24.3 Å². The highest BCUT2D eigenvalue weighted by molar-refractivity contribution is 6.45. The van der Waals surface area contributed by atoms with E-state index in [9.17, 15) is 14.9 Å². The molecule has 0 unspecified atom stereocenters. The number of aliphatic hydroxyl groups is 1. The molecule has 0 saturated carbocycles. The molecule has 0 aliphatic carbocycles. The summed E-state index contributed by atoms with van der Waals surface area (Å²) in [6.45, 7) is 6.60. The molecule has 1 aromatic carbocycles. The highest BCUT2D eigenvalue weighted by Crippen LogP contribution is 2.30. The summed E-state index contributed by atoms with van der Waals surface area (Å²) < 4.78 is 10.4. The predicted octanol–water partition coefficient (Wildman–Crippen LogP) is 1.92. The first kappa shape index (κ1) is 18.7. The van der Waals surface area contributed by atoms with Gasteiger partial charge in [-0.2, -0.15) is 0 Å². The molecular formula is C16H25BO5. The van der Waals surface area contributed by atoms with Crippen molar-refractivity contribution in [2.24, 2.45) is 0 Å². The summed E-state index contributed by atoms with van der Waals surface area (Å²) >= 11 is 0. The van der Waals surface area contributed by atoms with Crippen molar-refractivity contribution in [3.05, 3.63) is 35.9 Å². The molecular weight excluding hydrogens is 283 g/mol. The molecule has 0 bridgehead atoms. The molecule has 0 heterocycles. The lowest BCUT2D eigenvalue weighted by Crippen LogP contribution is -2.51. The van der Waals surface area contributed by atoms with Crippen molar-refractivity contribution in [3.63, 3.8) is 0 Å². The topological polar surface area (TPSA) is 76.0 Å². The van der Waals surface area contributed by atoms with Crippen LogP contribution in [0.2, 0.25) is 0 Å². The standard InChI is InChI=1S/C16H25BO5/c1-15(2,19)16(3,4)22-17(20)13(11-14(18)21-5)12-9-7-6-8-10-12/h6-10,13,19-20H,11H2,1-5H3/t13-/m0/s1. The molecule has 1 aromatic rings. The zero-order chi connectivity index (χ0) is 17.0. The van der Waals surface area contributed by atoms with Crippen LogP contribution in [0, 0.1) is 0 Å². The molecule has 6 heteroatoms. The van der Waals surface area contributed by atoms with Crippen molar-refractivity contribution >= 4 is 13.1 Å². The van der Waals surface area contributed by atoms with Gasteiger partial charge in [0.2, 0.25) is 0 Å². The van der Waals surface area contributed by atoms with Gasteiger partial charge >= 0.3 is 13.1 Å². The summed E-state index contributed by atoms with van der Waals surface area (Å²) in [6, 6.07) is 9.14. The Morgan fingerprint density at radius 2 is 1.77 bits per heavy atom. The second-order valence-electron chi connectivity index (χ2n) is 6.38. The Kier molecular flexibility index (Phi) is 6.17. The Balaban J connectivity index is 2.99. The van der Waals surface area contributed by atoms with E-state index in [0.29, 0.717) is 0 Å². The number of rotatable bonds is 7. The van der Waals surface area contributed by atoms with E-state index in [1.54, 1.807) is 27.7 Å². The Bertz CT molecular complexity index is 481. The summed E-state index contributed by atoms with van der Waals surface area (Å²) in [7, 11) is 0.0567. The van der Waals surface area contributed by atoms with Gasteiger partial charge in [0.05, 0.1) is 24.7 Å². The summed E-state index contributed by atoms with van der Waals surface area (Å²) in [6.07, 6.45) is -0.0103. The first-order chi connectivity index (χ1) is 10.1. The normalized spacial score (nSPS) is 13.6. The number of hydrogen-bond acceptors (Lipinski definition) is 5. The van der Waals surface area contributed by atoms with Crippen LogP contribution in [0.4, 0.5) is 0 Å². The third-order valence-electron chi connectivity index (χ3n) is 4.07.